The minimum absolute atomic E-state index is 0.0355. The third kappa shape index (κ3) is 2.83. The van der Waals surface area contributed by atoms with Crippen LogP contribution in [-0.4, -0.2) is 35.3 Å². The van der Waals surface area contributed by atoms with Crippen LogP contribution in [0.25, 0.3) is 0 Å². The molecule has 20 heavy (non-hydrogen) atoms. The topological polar surface area (TPSA) is 89.1 Å². The number of benzene rings is 1. The number of carbonyl (C=O) groups is 1. The zero-order valence-corrected chi connectivity index (χ0v) is 11.9. The Morgan fingerprint density at radius 2 is 1.95 bits per heavy atom. The Morgan fingerprint density at radius 3 is 2.50 bits per heavy atom. The van der Waals surface area contributed by atoms with Crippen LogP contribution < -0.4 is 14.8 Å². The van der Waals surface area contributed by atoms with Gasteiger partial charge in [-0.1, -0.05) is 11.6 Å². The number of methoxy groups -OCH3 is 2. The fraction of sp³-hybridized carbons (Fsp3) is 0.250. The minimum Gasteiger partial charge on any atom is -0.493 e. The first-order valence-corrected chi connectivity index (χ1v) is 6.04. The number of rotatable bonds is 4. The molecule has 2 N–H and O–H groups in total. The van der Waals surface area contributed by atoms with E-state index in [-0.39, 0.29) is 5.82 Å². The molecule has 0 bridgehead atoms. The van der Waals surface area contributed by atoms with Crippen LogP contribution in [0.15, 0.2) is 12.1 Å². The SMILES string of the molecule is COc1cc(Cl)c(NC(=O)c2n[nH]c(C)n2)cc1OC. The maximum atomic E-state index is 11.9. The van der Waals surface area contributed by atoms with Crippen LogP contribution in [0.2, 0.25) is 5.02 Å². The van der Waals surface area contributed by atoms with Crippen molar-refractivity contribution in [1.29, 1.82) is 0 Å². The number of aromatic nitrogens is 3. The number of amides is 1. The Balaban J connectivity index is 2.27. The second-order valence-electron chi connectivity index (χ2n) is 3.89. The van der Waals surface area contributed by atoms with Gasteiger partial charge in [0, 0.05) is 12.1 Å². The molecule has 0 aliphatic carbocycles. The number of aromatic amines is 1. The number of nitrogens with one attached hydrogen (secondary N) is 2. The van der Waals surface area contributed by atoms with E-state index in [4.69, 9.17) is 21.1 Å². The molecular weight excluding hydrogens is 284 g/mol. The van der Waals surface area contributed by atoms with Gasteiger partial charge < -0.3 is 14.8 Å². The molecule has 0 aliphatic rings. The summed E-state index contributed by atoms with van der Waals surface area (Å²) in [5, 5.41) is 9.30. The molecule has 1 aromatic heterocycles. The maximum absolute atomic E-state index is 11.9. The lowest BCUT2D eigenvalue weighted by molar-refractivity contribution is 0.101. The molecule has 0 aliphatic heterocycles. The Morgan fingerprint density at radius 1 is 1.30 bits per heavy atom. The summed E-state index contributed by atoms with van der Waals surface area (Å²) in [4.78, 5) is 15.9. The summed E-state index contributed by atoms with van der Waals surface area (Å²) in [5.74, 6) is 1.05. The zero-order valence-electron chi connectivity index (χ0n) is 11.2. The van der Waals surface area contributed by atoms with Crippen molar-refractivity contribution in [3.63, 3.8) is 0 Å². The molecule has 2 rings (SSSR count). The Kier molecular flexibility index (Phi) is 4.09. The molecule has 0 saturated heterocycles. The van der Waals surface area contributed by atoms with Crippen molar-refractivity contribution in [1.82, 2.24) is 15.2 Å². The molecule has 1 amide bonds. The average molecular weight is 297 g/mol. The molecular formula is C12H13ClN4O3. The summed E-state index contributed by atoms with van der Waals surface area (Å²) >= 11 is 6.07. The van der Waals surface area contributed by atoms with E-state index in [2.05, 4.69) is 20.5 Å². The summed E-state index contributed by atoms with van der Waals surface area (Å²) in [7, 11) is 3.00. The molecule has 0 radical (unpaired) electrons. The highest BCUT2D eigenvalue weighted by atomic mass is 35.5. The predicted octanol–water partition coefficient (Wildman–Crippen LogP) is 2.04. The first-order valence-electron chi connectivity index (χ1n) is 5.67. The second kappa shape index (κ2) is 5.79. The van der Waals surface area contributed by atoms with Crippen molar-refractivity contribution in [3.8, 4) is 11.5 Å². The highest BCUT2D eigenvalue weighted by Gasteiger charge is 2.15. The number of nitrogens with zero attached hydrogens (tertiary/aromatic N) is 2. The zero-order chi connectivity index (χ0) is 14.7. The van der Waals surface area contributed by atoms with Crippen molar-refractivity contribution in [3.05, 3.63) is 28.8 Å². The smallest absolute Gasteiger partial charge is 0.295 e. The quantitative estimate of drug-likeness (QED) is 0.901. The predicted molar refractivity (Wildman–Crippen MR) is 73.6 cm³/mol. The van der Waals surface area contributed by atoms with Crippen molar-refractivity contribution < 1.29 is 14.3 Å². The number of H-pyrrole nitrogens is 1. The number of aryl methyl sites for hydroxylation is 1. The van der Waals surface area contributed by atoms with Crippen molar-refractivity contribution in [2.24, 2.45) is 0 Å². The normalized spacial score (nSPS) is 10.2. The Bertz CT molecular complexity index is 642. The van der Waals surface area contributed by atoms with Gasteiger partial charge in [0.1, 0.15) is 5.82 Å². The molecule has 0 fully saturated rings. The van der Waals surface area contributed by atoms with Gasteiger partial charge in [-0.3, -0.25) is 9.89 Å². The van der Waals surface area contributed by atoms with Gasteiger partial charge in [-0.15, -0.1) is 5.10 Å². The number of halogens is 1. The summed E-state index contributed by atoms with van der Waals surface area (Å²) in [6.07, 6.45) is 0. The third-order valence-corrected chi connectivity index (χ3v) is 2.83. The van der Waals surface area contributed by atoms with Crippen molar-refractivity contribution in [2.75, 3.05) is 19.5 Å². The van der Waals surface area contributed by atoms with E-state index in [1.54, 1.807) is 19.1 Å². The number of anilines is 1. The van der Waals surface area contributed by atoms with Crippen molar-refractivity contribution >= 4 is 23.2 Å². The lowest BCUT2D eigenvalue weighted by Crippen LogP contribution is -2.14. The highest BCUT2D eigenvalue weighted by Crippen LogP contribution is 2.36. The minimum atomic E-state index is -0.469. The molecule has 8 heteroatoms. The number of ether oxygens (including phenoxy) is 2. The molecule has 1 aromatic carbocycles. The first kappa shape index (κ1) is 14.1. The van der Waals surface area contributed by atoms with E-state index in [1.807, 2.05) is 0 Å². The average Bonchev–Trinajstić information content (AvgIpc) is 2.87. The van der Waals surface area contributed by atoms with Gasteiger partial charge in [0.15, 0.2) is 11.5 Å². The fourth-order valence-corrected chi connectivity index (χ4v) is 1.77. The standard InChI is InChI=1S/C12H13ClN4O3/c1-6-14-11(17-16-6)12(18)15-8-5-10(20-3)9(19-2)4-7(8)13/h4-5H,1-3H3,(H,15,18)(H,14,16,17). The van der Waals surface area contributed by atoms with E-state index >= 15 is 0 Å². The first-order chi connectivity index (χ1) is 9.55. The molecule has 7 nitrogen and oxygen atoms in total. The highest BCUT2D eigenvalue weighted by molar-refractivity contribution is 6.34. The molecule has 0 saturated carbocycles. The molecule has 1 heterocycles. The van der Waals surface area contributed by atoms with Gasteiger partial charge in [-0.05, 0) is 6.92 Å². The van der Waals surface area contributed by atoms with E-state index in [0.29, 0.717) is 28.0 Å². The van der Waals surface area contributed by atoms with Crippen molar-refractivity contribution in [2.45, 2.75) is 6.92 Å². The van der Waals surface area contributed by atoms with Gasteiger partial charge in [-0.25, -0.2) is 4.98 Å². The van der Waals surface area contributed by atoms with E-state index in [1.165, 1.54) is 14.2 Å². The van der Waals surface area contributed by atoms with Crippen LogP contribution in [0.3, 0.4) is 0 Å². The number of carbonyl (C=O) groups excluding carboxylic acids is 1. The lowest BCUT2D eigenvalue weighted by atomic mass is 10.2. The third-order valence-electron chi connectivity index (χ3n) is 2.52. The summed E-state index contributed by atoms with van der Waals surface area (Å²) in [6, 6.07) is 3.12. The summed E-state index contributed by atoms with van der Waals surface area (Å²) in [5.41, 5.74) is 0.386. The molecule has 0 spiro atoms. The van der Waals surface area contributed by atoms with Crippen LogP contribution in [0.5, 0.6) is 11.5 Å². The van der Waals surface area contributed by atoms with E-state index in [9.17, 15) is 4.79 Å². The summed E-state index contributed by atoms with van der Waals surface area (Å²) in [6.45, 7) is 1.70. The molecule has 106 valence electrons. The summed E-state index contributed by atoms with van der Waals surface area (Å²) < 4.78 is 10.3. The van der Waals surface area contributed by atoms with Crippen LogP contribution in [0, 0.1) is 6.92 Å². The molecule has 0 unspecified atom stereocenters. The monoisotopic (exact) mass is 296 g/mol. The van der Waals surface area contributed by atoms with Gasteiger partial charge >= 0.3 is 0 Å². The van der Waals surface area contributed by atoms with Crippen LogP contribution in [0.4, 0.5) is 5.69 Å². The van der Waals surface area contributed by atoms with Gasteiger partial charge in [-0.2, -0.15) is 0 Å². The lowest BCUT2D eigenvalue weighted by Gasteiger charge is -2.11. The van der Waals surface area contributed by atoms with Gasteiger partial charge in [0.2, 0.25) is 5.82 Å². The van der Waals surface area contributed by atoms with E-state index < -0.39 is 5.91 Å². The van der Waals surface area contributed by atoms with Crippen LogP contribution >= 0.6 is 11.6 Å². The molecule has 2 aromatic rings. The largest absolute Gasteiger partial charge is 0.493 e. The maximum Gasteiger partial charge on any atom is 0.295 e. The van der Waals surface area contributed by atoms with Gasteiger partial charge in [0.25, 0.3) is 5.91 Å². The second-order valence-corrected chi connectivity index (χ2v) is 4.29. The fourth-order valence-electron chi connectivity index (χ4n) is 1.57. The van der Waals surface area contributed by atoms with Crippen LogP contribution in [-0.2, 0) is 0 Å². The Hall–Kier alpha value is -2.28. The molecule has 0 atom stereocenters. The van der Waals surface area contributed by atoms with E-state index in [0.717, 1.165) is 0 Å². The van der Waals surface area contributed by atoms with Crippen LogP contribution in [0.1, 0.15) is 16.4 Å². The Labute approximate surface area is 120 Å². The number of hydrogen-bond acceptors (Lipinski definition) is 5. The number of hydrogen-bond donors (Lipinski definition) is 2. The van der Waals surface area contributed by atoms with Gasteiger partial charge in [0.05, 0.1) is 24.9 Å².